The van der Waals surface area contributed by atoms with Crippen molar-refractivity contribution in [3.63, 3.8) is 0 Å². The van der Waals surface area contributed by atoms with Crippen LogP contribution in [-0.2, 0) is 41.7 Å². The van der Waals surface area contributed by atoms with Crippen LogP contribution in [0.15, 0.2) is 54.6 Å². The first-order valence-corrected chi connectivity index (χ1v) is 16.2. The number of aliphatic carboxylic acids is 1. The van der Waals surface area contributed by atoms with Crippen molar-refractivity contribution in [1.29, 1.82) is 0 Å². The average Bonchev–Trinajstić information content (AvgIpc) is 3.81. The van der Waals surface area contributed by atoms with E-state index in [1.807, 2.05) is 24.3 Å². The van der Waals surface area contributed by atoms with E-state index < -0.39 is 41.0 Å². The SMILES string of the molecule is Cc1cc(OCCCc2ccc3c(c2)C(=O)NCC(=O)N3CC(C)[C@@]2(C(=O)OCc3ccccc3)NC2(C=O)CC=O)nc(N)n1.O=C(O)C(F)(F)F. The fraction of sp³-hybridized carbons (Fsp3) is 0.371. The molecule has 3 atom stereocenters. The van der Waals surface area contributed by atoms with Crippen molar-refractivity contribution in [2.24, 2.45) is 5.92 Å². The number of alkyl halides is 3. The van der Waals surface area contributed by atoms with Crippen LogP contribution in [0, 0.1) is 12.8 Å². The minimum absolute atomic E-state index is 0.0304. The third-order valence-corrected chi connectivity index (χ3v) is 8.65. The van der Waals surface area contributed by atoms with Crippen molar-refractivity contribution in [3.8, 4) is 5.88 Å². The van der Waals surface area contributed by atoms with Gasteiger partial charge >= 0.3 is 18.1 Å². The summed E-state index contributed by atoms with van der Waals surface area (Å²) in [6.07, 6.45) is -3.00. The number of amides is 2. The first-order chi connectivity index (χ1) is 25.1. The summed E-state index contributed by atoms with van der Waals surface area (Å²) in [7, 11) is 0. The maximum Gasteiger partial charge on any atom is 0.490 e. The Labute approximate surface area is 301 Å². The number of nitrogen functional groups attached to an aromatic ring is 1. The first-order valence-electron chi connectivity index (χ1n) is 16.2. The number of carbonyl (C=O) groups excluding carboxylic acids is 5. The van der Waals surface area contributed by atoms with Gasteiger partial charge in [0, 0.05) is 30.6 Å². The lowest BCUT2D eigenvalue weighted by molar-refractivity contribution is -0.192. The molecule has 1 fully saturated rings. The van der Waals surface area contributed by atoms with Crippen LogP contribution in [-0.4, -0.2) is 88.4 Å². The number of carbonyl (C=O) groups is 6. The number of aldehydes is 2. The molecule has 0 saturated carbocycles. The van der Waals surface area contributed by atoms with Crippen molar-refractivity contribution >= 4 is 48.0 Å². The van der Waals surface area contributed by atoms with Gasteiger partial charge in [-0.25, -0.2) is 14.6 Å². The second kappa shape index (κ2) is 16.6. The van der Waals surface area contributed by atoms with Crippen molar-refractivity contribution < 1.29 is 56.5 Å². The van der Waals surface area contributed by atoms with Crippen LogP contribution in [0.25, 0.3) is 0 Å². The Morgan fingerprint density at radius 3 is 2.42 bits per heavy atom. The van der Waals surface area contributed by atoms with Crippen LogP contribution < -0.4 is 26.0 Å². The van der Waals surface area contributed by atoms with Crippen LogP contribution in [0.2, 0.25) is 0 Å². The highest BCUT2D eigenvalue weighted by Gasteiger charge is 2.75. The number of hydrogen-bond acceptors (Lipinski definition) is 12. The largest absolute Gasteiger partial charge is 0.490 e. The van der Waals surface area contributed by atoms with E-state index in [9.17, 15) is 37.1 Å². The Morgan fingerprint density at radius 1 is 1.09 bits per heavy atom. The predicted octanol–water partition coefficient (Wildman–Crippen LogP) is 2.34. The topological polar surface area (TPSA) is 230 Å². The number of fused-ring (bicyclic) bond motifs is 1. The molecule has 0 spiro atoms. The van der Waals surface area contributed by atoms with Gasteiger partial charge in [0.05, 0.1) is 24.4 Å². The quantitative estimate of drug-likeness (QED) is 0.0806. The molecule has 282 valence electrons. The summed E-state index contributed by atoms with van der Waals surface area (Å²) in [5, 5.41) is 12.7. The third kappa shape index (κ3) is 9.31. The number of rotatable bonds is 14. The zero-order chi connectivity index (χ0) is 39.0. The van der Waals surface area contributed by atoms with Gasteiger partial charge in [-0.1, -0.05) is 43.3 Å². The number of carboxylic acids is 1. The molecule has 0 aliphatic carbocycles. The van der Waals surface area contributed by atoms with Gasteiger partial charge in [-0.05, 0) is 43.0 Å². The predicted molar refractivity (Wildman–Crippen MR) is 181 cm³/mol. The molecular formula is C35H37F3N6O9. The van der Waals surface area contributed by atoms with Gasteiger partial charge in [0.25, 0.3) is 5.91 Å². The monoisotopic (exact) mass is 742 g/mol. The van der Waals surface area contributed by atoms with E-state index in [1.165, 1.54) is 4.90 Å². The fourth-order valence-corrected chi connectivity index (χ4v) is 6.01. The number of halogens is 3. The molecule has 2 aliphatic heterocycles. The molecular weight excluding hydrogens is 705 g/mol. The summed E-state index contributed by atoms with van der Waals surface area (Å²) in [5.41, 5.74) is 5.63. The summed E-state index contributed by atoms with van der Waals surface area (Å²) >= 11 is 0. The normalized spacial score (nSPS) is 19.7. The molecule has 53 heavy (non-hydrogen) atoms. The molecule has 2 amide bonds. The molecule has 5 N–H and O–H groups in total. The number of benzene rings is 2. The highest BCUT2D eigenvalue weighted by atomic mass is 19.4. The van der Waals surface area contributed by atoms with E-state index in [0.29, 0.717) is 54.8 Å². The number of nitrogens with one attached hydrogen (secondary N) is 2. The molecule has 2 aromatic carbocycles. The van der Waals surface area contributed by atoms with Gasteiger partial charge in [0.15, 0.2) is 0 Å². The fourth-order valence-electron chi connectivity index (χ4n) is 6.01. The lowest BCUT2D eigenvalue weighted by atomic mass is 9.81. The molecule has 3 heterocycles. The number of ether oxygens (including phenoxy) is 2. The zero-order valence-corrected chi connectivity index (χ0v) is 28.6. The summed E-state index contributed by atoms with van der Waals surface area (Å²) in [4.78, 5) is 82.3. The number of nitrogens with two attached hydrogens (primary N) is 1. The van der Waals surface area contributed by atoms with Gasteiger partial charge in [-0.3, -0.25) is 14.9 Å². The van der Waals surface area contributed by atoms with E-state index in [4.69, 9.17) is 25.1 Å². The van der Waals surface area contributed by atoms with Gasteiger partial charge in [0.1, 0.15) is 30.3 Å². The summed E-state index contributed by atoms with van der Waals surface area (Å²) in [6.45, 7) is 3.55. The molecule has 5 rings (SSSR count). The van der Waals surface area contributed by atoms with Crippen LogP contribution in [0.5, 0.6) is 5.88 Å². The smallest absolute Gasteiger partial charge is 0.478 e. The lowest BCUT2D eigenvalue weighted by Crippen LogP contribution is -2.49. The summed E-state index contributed by atoms with van der Waals surface area (Å²) < 4.78 is 43.1. The lowest BCUT2D eigenvalue weighted by Gasteiger charge is -2.30. The zero-order valence-electron chi connectivity index (χ0n) is 28.6. The van der Waals surface area contributed by atoms with Crippen LogP contribution in [0.1, 0.15) is 46.9 Å². The molecule has 15 nitrogen and oxygen atoms in total. The molecule has 1 saturated heterocycles. The number of aromatic nitrogens is 2. The maximum absolute atomic E-state index is 13.6. The van der Waals surface area contributed by atoms with Crippen LogP contribution >= 0.6 is 0 Å². The first kappa shape index (κ1) is 39.9. The van der Waals surface area contributed by atoms with E-state index in [0.717, 1.165) is 11.1 Å². The van der Waals surface area contributed by atoms with Gasteiger partial charge < -0.3 is 40.1 Å². The second-order valence-corrected chi connectivity index (χ2v) is 12.4. The maximum atomic E-state index is 13.6. The molecule has 18 heteroatoms. The number of anilines is 2. The average molecular weight is 743 g/mol. The number of hydrogen-bond donors (Lipinski definition) is 4. The summed E-state index contributed by atoms with van der Waals surface area (Å²) in [6, 6.07) is 16.0. The number of aryl methyl sites for hydroxylation is 2. The molecule has 0 bridgehead atoms. The molecule has 2 aliphatic rings. The molecule has 2 unspecified atom stereocenters. The third-order valence-electron chi connectivity index (χ3n) is 8.65. The van der Waals surface area contributed by atoms with E-state index in [-0.39, 0.29) is 38.0 Å². The van der Waals surface area contributed by atoms with E-state index >= 15 is 0 Å². The Hall–Kier alpha value is -5.91. The number of nitrogens with zero attached hydrogens (tertiary/aromatic N) is 3. The second-order valence-electron chi connectivity index (χ2n) is 12.4. The van der Waals surface area contributed by atoms with Crippen molar-refractivity contribution in [3.05, 3.63) is 77.0 Å². The van der Waals surface area contributed by atoms with Crippen molar-refractivity contribution in [2.45, 2.75) is 57.0 Å². The number of carboxylic acid groups (broad SMARTS) is 1. The Morgan fingerprint density at radius 2 is 1.79 bits per heavy atom. The highest BCUT2D eigenvalue weighted by Crippen LogP contribution is 2.47. The van der Waals surface area contributed by atoms with Crippen molar-refractivity contribution in [2.75, 3.05) is 30.3 Å². The highest BCUT2D eigenvalue weighted by molar-refractivity contribution is 6.10. The van der Waals surface area contributed by atoms with Crippen molar-refractivity contribution in [1.82, 2.24) is 20.6 Å². The van der Waals surface area contributed by atoms with Gasteiger partial charge in [-0.2, -0.15) is 18.2 Å². The van der Waals surface area contributed by atoms with Gasteiger partial charge in [0.2, 0.25) is 17.7 Å². The molecule has 0 radical (unpaired) electrons. The molecule has 3 aromatic rings. The number of esters is 1. The van der Waals surface area contributed by atoms with Crippen LogP contribution in [0.4, 0.5) is 24.8 Å². The Bertz CT molecular complexity index is 1840. The summed E-state index contributed by atoms with van der Waals surface area (Å²) in [5.74, 6) is -4.43. The standard InChI is InChI=1S/C33H36N6O7.C2HF3O2/c1-21(33(32(20-41,38-33)12-13-40)30(44)46-19-24-7-4-3-5-8-24)18-39-26-11-10-23(16-25(26)29(43)35-17-28(39)42)9-6-14-45-27-15-22(2)36-31(34)37-27;3-2(4,5)1(6)7/h3-5,7-8,10-11,13,15-16,20-21,38H,6,9,12,14,17-19H2,1-2H3,(H,35,43)(H2,34,36,37);(H,6,7)/t21?,32?,33-;/m0./s1. The Balaban J connectivity index is 0.000000815. The minimum Gasteiger partial charge on any atom is -0.478 e. The van der Waals surface area contributed by atoms with Crippen LogP contribution in [0.3, 0.4) is 0 Å². The molecule has 1 aromatic heterocycles. The Kier molecular flexibility index (Phi) is 12.5. The van der Waals surface area contributed by atoms with E-state index in [2.05, 4.69) is 20.6 Å². The van der Waals surface area contributed by atoms with E-state index in [1.54, 1.807) is 44.2 Å². The minimum atomic E-state index is -5.08. The van der Waals surface area contributed by atoms with Gasteiger partial charge in [-0.15, -0.1) is 0 Å².